The van der Waals surface area contributed by atoms with Crippen LogP contribution in [0.25, 0.3) is 10.9 Å². The van der Waals surface area contributed by atoms with Crippen molar-refractivity contribution in [1.82, 2.24) is 4.98 Å². The summed E-state index contributed by atoms with van der Waals surface area (Å²) in [7, 11) is 1.76. The van der Waals surface area contributed by atoms with Crippen LogP contribution in [-0.2, 0) is 15.5 Å². The van der Waals surface area contributed by atoms with Crippen molar-refractivity contribution in [2.24, 2.45) is 0 Å². The molecule has 0 saturated heterocycles. The average molecular weight is 270 g/mol. The molecular formula is C12H12ClNO2S. The van der Waals surface area contributed by atoms with Crippen LogP contribution in [0, 0.1) is 6.92 Å². The molecule has 1 aromatic carbocycles. The second kappa shape index (κ2) is 4.63. The van der Waals surface area contributed by atoms with Gasteiger partial charge in [-0.05, 0) is 37.1 Å². The first-order valence-corrected chi connectivity index (χ1v) is 7.70. The predicted molar refractivity (Wildman–Crippen MR) is 69.8 cm³/mol. The minimum Gasteiger partial charge on any atom is -0.253 e. The van der Waals surface area contributed by atoms with E-state index in [1.54, 1.807) is 0 Å². The lowest BCUT2D eigenvalue weighted by molar-refractivity contribution is 0.609. The van der Waals surface area contributed by atoms with Gasteiger partial charge in [-0.15, -0.1) is 0 Å². The summed E-state index contributed by atoms with van der Waals surface area (Å²) in [5, 5.41) is 1.01. The topological polar surface area (TPSA) is 47.0 Å². The zero-order chi connectivity index (χ0) is 12.5. The van der Waals surface area contributed by atoms with E-state index in [4.69, 9.17) is 10.7 Å². The molecule has 0 unspecified atom stereocenters. The Balaban J connectivity index is 2.29. The van der Waals surface area contributed by atoms with Gasteiger partial charge in [-0.2, -0.15) is 0 Å². The monoisotopic (exact) mass is 269 g/mol. The van der Waals surface area contributed by atoms with Gasteiger partial charge >= 0.3 is 0 Å². The normalized spacial score (nSPS) is 11.9. The lowest BCUT2D eigenvalue weighted by Crippen LogP contribution is -2.01. The number of hydrogen-bond donors (Lipinski definition) is 0. The fourth-order valence-corrected chi connectivity index (χ4v) is 2.38. The molecule has 0 radical (unpaired) electrons. The van der Waals surface area contributed by atoms with Crippen LogP contribution in [0.5, 0.6) is 0 Å². The summed E-state index contributed by atoms with van der Waals surface area (Å²) in [6, 6.07) is 9.65. The fourth-order valence-electron chi connectivity index (χ4n) is 1.67. The quantitative estimate of drug-likeness (QED) is 0.805. The lowest BCUT2D eigenvalue weighted by Gasteiger charge is -2.03. The summed E-state index contributed by atoms with van der Waals surface area (Å²) in [6.45, 7) is 1.94. The lowest BCUT2D eigenvalue weighted by atomic mass is 10.1. The molecule has 90 valence electrons. The van der Waals surface area contributed by atoms with Gasteiger partial charge in [0.2, 0.25) is 9.05 Å². The van der Waals surface area contributed by atoms with Crippen molar-refractivity contribution in [3.05, 3.63) is 41.6 Å². The molecule has 5 heteroatoms. The third kappa shape index (κ3) is 3.41. The fraction of sp³-hybridized carbons (Fsp3) is 0.250. The standard InChI is InChI=1S/C12H12ClNO2S/c1-9-2-4-11-8-10(3-5-12(11)14-9)6-7-17(13,15)16/h2-5,8H,6-7H2,1H3. The van der Waals surface area contributed by atoms with Gasteiger partial charge < -0.3 is 0 Å². The molecule has 0 aliphatic heterocycles. The highest BCUT2D eigenvalue weighted by molar-refractivity contribution is 8.13. The average Bonchev–Trinajstić information content (AvgIpc) is 2.25. The van der Waals surface area contributed by atoms with Crippen molar-refractivity contribution in [1.29, 1.82) is 0 Å². The Morgan fingerprint density at radius 3 is 2.71 bits per heavy atom. The van der Waals surface area contributed by atoms with Gasteiger partial charge in [-0.3, -0.25) is 4.98 Å². The van der Waals surface area contributed by atoms with Crippen molar-refractivity contribution in [2.75, 3.05) is 5.75 Å². The minimum atomic E-state index is -3.43. The Hall–Kier alpha value is -1.13. The first-order valence-electron chi connectivity index (χ1n) is 5.23. The molecular weight excluding hydrogens is 258 g/mol. The van der Waals surface area contributed by atoms with Crippen LogP contribution in [0.15, 0.2) is 30.3 Å². The van der Waals surface area contributed by atoms with Gasteiger partial charge in [0.05, 0.1) is 11.3 Å². The highest BCUT2D eigenvalue weighted by Crippen LogP contribution is 2.16. The number of pyridine rings is 1. The van der Waals surface area contributed by atoms with Crippen LogP contribution < -0.4 is 0 Å². The third-order valence-corrected chi connectivity index (χ3v) is 3.68. The maximum Gasteiger partial charge on any atom is 0.232 e. The summed E-state index contributed by atoms with van der Waals surface area (Å²) in [4.78, 5) is 4.38. The molecule has 2 aromatic rings. The number of aromatic nitrogens is 1. The van der Waals surface area contributed by atoms with E-state index in [0.717, 1.165) is 22.2 Å². The summed E-state index contributed by atoms with van der Waals surface area (Å²) in [5.41, 5.74) is 2.84. The largest absolute Gasteiger partial charge is 0.253 e. The van der Waals surface area contributed by atoms with E-state index in [0.29, 0.717) is 6.42 Å². The molecule has 1 aromatic heterocycles. The highest BCUT2D eigenvalue weighted by atomic mass is 35.7. The molecule has 2 rings (SSSR count). The van der Waals surface area contributed by atoms with Crippen molar-refractivity contribution >= 4 is 30.6 Å². The number of hydrogen-bond acceptors (Lipinski definition) is 3. The van der Waals surface area contributed by atoms with Crippen LogP contribution in [0.3, 0.4) is 0 Å². The Labute approximate surface area is 105 Å². The first kappa shape index (κ1) is 12.3. The second-order valence-corrected chi connectivity index (χ2v) is 6.87. The summed E-state index contributed by atoms with van der Waals surface area (Å²) >= 11 is 0. The van der Waals surface area contributed by atoms with Gasteiger partial charge in [-0.1, -0.05) is 12.1 Å². The van der Waals surface area contributed by atoms with Crippen LogP contribution in [-0.4, -0.2) is 19.2 Å². The predicted octanol–water partition coefficient (Wildman–Crippen LogP) is 2.65. The number of rotatable bonds is 3. The second-order valence-electron chi connectivity index (χ2n) is 3.97. The summed E-state index contributed by atoms with van der Waals surface area (Å²) in [6.07, 6.45) is 0.426. The van der Waals surface area contributed by atoms with Gasteiger partial charge in [0.15, 0.2) is 0 Å². The van der Waals surface area contributed by atoms with Crippen molar-refractivity contribution in [2.45, 2.75) is 13.3 Å². The van der Waals surface area contributed by atoms with Crippen molar-refractivity contribution in [3.63, 3.8) is 0 Å². The SMILES string of the molecule is Cc1ccc2cc(CCS(=O)(=O)Cl)ccc2n1. The van der Waals surface area contributed by atoms with E-state index < -0.39 is 9.05 Å². The van der Waals surface area contributed by atoms with E-state index in [1.807, 2.05) is 37.3 Å². The molecule has 0 fully saturated rings. The maximum absolute atomic E-state index is 10.9. The third-order valence-electron chi connectivity index (χ3n) is 2.53. The molecule has 0 N–H and O–H groups in total. The molecule has 0 bridgehead atoms. The molecule has 3 nitrogen and oxygen atoms in total. The Bertz CT molecular complexity index is 653. The molecule has 0 aliphatic rings. The Morgan fingerprint density at radius 1 is 1.24 bits per heavy atom. The van der Waals surface area contributed by atoms with Crippen molar-refractivity contribution in [3.8, 4) is 0 Å². The number of halogens is 1. The van der Waals surface area contributed by atoms with Crippen LogP contribution in [0.2, 0.25) is 0 Å². The Kier molecular flexibility index (Phi) is 3.35. The van der Waals surface area contributed by atoms with Gasteiger partial charge in [-0.25, -0.2) is 8.42 Å². The van der Waals surface area contributed by atoms with Crippen LogP contribution in [0.4, 0.5) is 0 Å². The van der Waals surface area contributed by atoms with E-state index in [1.165, 1.54) is 0 Å². The summed E-state index contributed by atoms with van der Waals surface area (Å²) in [5.74, 6) is -0.0423. The number of nitrogens with zero attached hydrogens (tertiary/aromatic N) is 1. The maximum atomic E-state index is 10.9. The van der Waals surface area contributed by atoms with E-state index in [2.05, 4.69) is 4.98 Å². The smallest absolute Gasteiger partial charge is 0.232 e. The molecule has 0 aliphatic carbocycles. The van der Waals surface area contributed by atoms with Crippen molar-refractivity contribution < 1.29 is 8.42 Å². The van der Waals surface area contributed by atoms with Gasteiger partial charge in [0, 0.05) is 21.8 Å². The number of fused-ring (bicyclic) bond motifs is 1. The zero-order valence-electron chi connectivity index (χ0n) is 9.35. The van der Waals surface area contributed by atoms with Gasteiger partial charge in [0.25, 0.3) is 0 Å². The van der Waals surface area contributed by atoms with E-state index in [-0.39, 0.29) is 5.75 Å². The molecule has 0 amide bonds. The van der Waals surface area contributed by atoms with Gasteiger partial charge in [0.1, 0.15) is 0 Å². The molecule has 0 atom stereocenters. The first-order chi connectivity index (χ1) is 7.94. The van der Waals surface area contributed by atoms with Crippen LogP contribution >= 0.6 is 10.7 Å². The number of benzene rings is 1. The molecule has 1 heterocycles. The minimum absolute atomic E-state index is 0.0423. The van der Waals surface area contributed by atoms with Crippen LogP contribution in [0.1, 0.15) is 11.3 Å². The highest BCUT2D eigenvalue weighted by Gasteiger charge is 2.06. The molecule has 0 spiro atoms. The van der Waals surface area contributed by atoms with E-state index in [9.17, 15) is 8.42 Å². The number of aryl methyl sites for hydroxylation is 2. The van der Waals surface area contributed by atoms with E-state index >= 15 is 0 Å². The molecule has 0 saturated carbocycles. The summed E-state index contributed by atoms with van der Waals surface area (Å²) < 4.78 is 21.7. The molecule has 17 heavy (non-hydrogen) atoms. The zero-order valence-corrected chi connectivity index (χ0v) is 10.9. The Morgan fingerprint density at radius 2 is 2.00 bits per heavy atom.